The number of amides is 1. The van der Waals surface area contributed by atoms with E-state index in [-0.39, 0.29) is 17.7 Å². The maximum Gasteiger partial charge on any atom is 0.573 e. The molecule has 1 unspecified atom stereocenters. The maximum absolute atomic E-state index is 12.7. The summed E-state index contributed by atoms with van der Waals surface area (Å²) in [5.41, 5.74) is 2.54. The molecule has 0 radical (unpaired) electrons. The number of benzene rings is 2. The number of fused-ring (bicyclic) bond motifs is 1. The van der Waals surface area contributed by atoms with Crippen LogP contribution in [0.5, 0.6) is 11.5 Å². The molecule has 8 heteroatoms. The Kier molecular flexibility index (Phi) is 5.31. The number of nitrogens with one attached hydrogen (secondary N) is 1. The van der Waals surface area contributed by atoms with E-state index in [0.29, 0.717) is 35.5 Å². The van der Waals surface area contributed by atoms with E-state index >= 15 is 0 Å². The third-order valence-electron chi connectivity index (χ3n) is 4.60. The molecule has 0 saturated heterocycles. The molecule has 1 atom stereocenters. The lowest BCUT2D eigenvalue weighted by Gasteiger charge is -2.14. The molecule has 0 spiro atoms. The standard InChI is InChI=1S/C22H17F3N2O3/c23-22(24,25)30-18-7-4-14(5-8-18)15-6-9-20-19(11-15)21(28)27-17(13-29-20)12-16-3-1-2-10-26-16/h1-11,17H,12-13H2,(H,27,28). The van der Waals surface area contributed by atoms with Gasteiger partial charge >= 0.3 is 6.36 Å². The van der Waals surface area contributed by atoms with Gasteiger partial charge in [-0.15, -0.1) is 13.2 Å². The molecule has 1 N–H and O–H groups in total. The van der Waals surface area contributed by atoms with Gasteiger partial charge in [0.15, 0.2) is 0 Å². The summed E-state index contributed by atoms with van der Waals surface area (Å²) in [4.78, 5) is 17.0. The normalized spacial score (nSPS) is 16.1. The van der Waals surface area contributed by atoms with Crippen LogP contribution in [0, 0.1) is 0 Å². The van der Waals surface area contributed by atoms with Crippen LogP contribution in [-0.2, 0) is 6.42 Å². The average molecular weight is 414 g/mol. The highest BCUT2D eigenvalue weighted by Gasteiger charge is 2.31. The Balaban J connectivity index is 1.52. The van der Waals surface area contributed by atoms with Crippen molar-refractivity contribution < 1.29 is 27.4 Å². The van der Waals surface area contributed by atoms with E-state index in [1.807, 2.05) is 18.2 Å². The molecular formula is C22H17F3N2O3. The minimum atomic E-state index is -4.74. The van der Waals surface area contributed by atoms with Gasteiger partial charge < -0.3 is 14.8 Å². The van der Waals surface area contributed by atoms with Crippen molar-refractivity contribution in [2.45, 2.75) is 18.8 Å². The summed E-state index contributed by atoms with van der Waals surface area (Å²) in [6.45, 7) is 0.304. The van der Waals surface area contributed by atoms with Crippen LogP contribution in [0.2, 0.25) is 0 Å². The molecule has 1 aliphatic rings. The van der Waals surface area contributed by atoms with E-state index in [1.54, 1.807) is 24.4 Å². The number of alkyl halides is 3. The summed E-state index contributed by atoms with van der Waals surface area (Å²) < 4.78 is 46.7. The van der Waals surface area contributed by atoms with E-state index < -0.39 is 6.36 Å². The highest BCUT2D eigenvalue weighted by atomic mass is 19.4. The SMILES string of the molecule is O=C1NC(Cc2ccccn2)COc2ccc(-c3ccc(OC(F)(F)F)cc3)cc21. The summed E-state index contributed by atoms with van der Waals surface area (Å²) in [7, 11) is 0. The van der Waals surface area contributed by atoms with Crippen LogP contribution in [0.4, 0.5) is 13.2 Å². The van der Waals surface area contributed by atoms with Crippen LogP contribution >= 0.6 is 0 Å². The smallest absolute Gasteiger partial charge is 0.491 e. The van der Waals surface area contributed by atoms with Crippen LogP contribution in [0.3, 0.4) is 0 Å². The van der Waals surface area contributed by atoms with Crippen molar-refractivity contribution in [3.8, 4) is 22.6 Å². The fraction of sp³-hybridized carbons (Fsp3) is 0.182. The molecule has 5 nitrogen and oxygen atoms in total. The Labute approximate surface area is 170 Å². The fourth-order valence-electron chi connectivity index (χ4n) is 3.24. The first-order chi connectivity index (χ1) is 14.4. The average Bonchev–Trinajstić information content (AvgIpc) is 2.87. The van der Waals surface area contributed by atoms with Crippen molar-refractivity contribution in [2.24, 2.45) is 0 Å². The van der Waals surface area contributed by atoms with E-state index in [1.165, 1.54) is 24.3 Å². The minimum Gasteiger partial charge on any atom is -0.491 e. The second-order valence-corrected chi connectivity index (χ2v) is 6.79. The molecular weight excluding hydrogens is 397 g/mol. The number of aromatic nitrogens is 1. The van der Waals surface area contributed by atoms with Gasteiger partial charge in [-0.25, -0.2) is 0 Å². The van der Waals surface area contributed by atoms with Gasteiger partial charge in [0, 0.05) is 18.3 Å². The van der Waals surface area contributed by atoms with Gasteiger partial charge in [0.2, 0.25) is 0 Å². The zero-order valence-electron chi connectivity index (χ0n) is 15.6. The lowest BCUT2D eigenvalue weighted by molar-refractivity contribution is -0.274. The predicted molar refractivity (Wildman–Crippen MR) is 103 cm³/mol. The quantitative estimate of drug-likeness (QED) is 0.688. The van der Waals surface area contributed by atoms with E-state index in [4.69, 9.17) is 4.74 Å². The molecule has 0 aliphatic carbocycles. The number of carbonyl (C=O) groups is 1. The first-order valence-electron chi connectivity index (χ1n) is 9.21. The fourth-order valence-corrected chi connectivity index (χ4v) is 3.24. The Bertz CT molecular complexity index is 1040. The number of nitrogens with zero attached hydrogens (tertiary/aromatic N) is 1. The summed E-state index contributed by atoms with van der Waals surface area (Å²) in [5.74, 6) is -0.126. The molecule has 4 rings (SSSR count). The lowest BCUT2D eigenvalue weighted by atomic mass is 10.0. The Morgan fingerprint density at radius 2 is 1.83 bits per heavy atom. The largest absolute Gasteiger partial charge is 0.573 e. The highest BCUT2D eigenvalue weighted by molar-refractivity contribution is 5.98. The first-order valence-corrected chi connectivity index (χ1v) is 9.21. The van der Waals surface area contributed by atoms with Crippen molar-refractivity contribution in [1.82, 2.24) is 10.3 Å². The zero-order chi connectivity index (χ0) is 21.1. The van der Waals surface area contributed by atoms with E-state index in [2.05, 4.69) is 15.0 Å². The highest BCUT2D eigenvalue weighted by Crippen LogP contribution is 2.30. The minimum absolute atomic E-state index is 0.234. The zero-order valence-corrected chi connectivity index (χ0v) is 15.6. The van der Waals surface area contributed by atoms with Crippen LogP contribution in [0.1, 0.15) is 16.1 Å². The van der Waals surface area contributed by atoms with Crippen molar-refractivity contribution in [1.29, 1.82) is 0 Å². The number of rotatable bonds is 4. The van der Waals surface area contributed by atoms with Gasteiger partial charge in [-0.1, -0.05) is 24.3 Å². The molecule has 1 amide bonds. The molecule has 0 bridgehead atoms. The third kappa shape index (κ3) is 4.71. The van der Waals surface area contributed by atoms with E-state index in [9.17, 15) is 18.0 Å². The monoisotopic (exact) mass is 414 g/mol. The van der Waals surface area contributed by atoms with Crippen molar-refractivity contribution in [2.75, 3.05) is 6.61 Å². The van der Waals surface area contributed by atoms with Crippen LogP contribution in [0.15, 0.2) is 66.9 Å². The molecule has 3 aromatic rings. The lowest BCUT2D eigenvalue weighted by Crippen LogP contribution is -2.38. The predicted octanol–water partition coefficient (Wildman–Crippen LogP) is 4.38. The van der Waals surface area contributed by atoms with Gasteiger partial charge in [0.25, 0.3) is 5.91 Å². The summed E-state index contributed by atoms with van der Waals surface area (Å²) in [6.07, 6.45) is -2.51. The molecule has 30 heavy (non-hydrogen) atoms. The Morgan fingerprint density at radius 1 is 1.07 bits per heavy atom. The summed E-state index contributed by atoms with van der Waals surface area (Å²) >= 11 is 0. The number of hydrogen-bond acceptors (Lipinski definition) is 4. The van der Waals surface area contributed by atoms with Gasteiger partial charge in [0.1, 0.15) is 18.1 Å². The van der Waals surface area contributed by atoms with Crippen LogP contribution < -0.4 is 14.8 Å². The number of hydrogen-bond donors (Lipinski definition) is 1. The Morgan fingerprint density at radius 3 is 2.53 bits per heavy atom. The van der Waals surface area contributed by atoms with Crippen molar-refractivity contribution >= 4 is 5.91 Å². The number of pyridine rings is 1. The second-order valence-electron chi connectivity index (χ2n) is 6.79. The number of halogens is 3. The number of carbonyl (C=O) groups excluding carboxylic acids is 1. The first kappa shape index (κ1) is 19.8. The summed E-state index contributed by atoms with van der Waals surface area (Å²) in [5, 5.41) is 2.95. The summed E-state index contributed by atoms with van der Waals surface area (Å²) in [6, 6.07) is 15.9. The maximum atomic E-state index is 12.7. The third-order valence-corrected chi connectivity index (χ3v) is 4.60. The molecule has 2 aromatic carbocycles. The van der Waals surface area contributed by atoms with Gasteiger partial charge in [0.05, 0.1) is 11.6 Å². The van der Waals surface area contributed by atoms with Gasteiger partial charge in [-0.05, 0) is 47.5 Å². The van der Waals surface area contributed by atoms with Crippen molar-refractivity contribution in [3.63, 3.8) is 0 Å². The Hall–Kier alpha value is -3.55. The van der Waals surface area contributed by atoms with Crippen LogP contribution in [0.25, 0.3) is 11.1 Å². The molecule has 2 heterocycles. The topological polar surface area (TPSA) is 60.5 Å². The molecule has 1 aliphatic heterocycles. The number of ether oxygens (including phenoxy) is 2. The molecule has 1 aromatic heterocycles. The van der Waals surface area contributed by atoms with Gasteiger partial charge in [-0.2, -0.15) is 0 Å². The van der Waals surface area contributed by atoms with E-state index in [0.717, 1.165) is 5.69 Å². The van der Waals surface area contributed by atoms with Crippen molar-refractivity contribution in [3.05, 3.63) is 78.1 Å². The van der Waals surface area contributed by atoms with Gasteiger partial charge in [-0.3, -0.25) is 9.78 Å². The van der Waals surface area contributed by atoms with Crippen LogP contribution in [-0.4, -0.2) is 29.9 Å². The molecule has 0 fully saturated rings. The molecule has 154 valence electrons. The second kappa shape index (κ2) is 8.06. The molecule has 0 saturated carbocycles.